The van der Waals surface area contributed by atoms with Crippen molar-refractivity contribution in [1.29, 1.82) is 0 Å². The zero-order valence-electron chi connectivity index (χ0n) is 19.2. The first-order valence-corrected chi connectivity index (χ1v) is 12.5. The van der Waals surface area contributed by atoms with Crippen molar-refractivity contribution in [3.8, 4) is 0 Å². The highest BCUT2D eigenvalue weighted by Crippen LogP contribution is 2.15. The maximum absolute atomic E-state index is 13.3. The predicted octanol–water partition coefficient (Wildman–Crippen LogP) is 2.29. The normalized spacial score (nSPS) is 12.6. The van der Waals surface area contributed by atoms with E-state index in [4.69, 9.17) is 0 Å². The molecule has 0 aliphatic carbocycles. The Morgan fingerprint density at radius 3 is 1.97 bits per heavy atom. The smallest absolute Gasteiger partial charge is 0.243 e. The molecule has 0 saturated carbocycles. The predicted molar refractivity (Wildman–Crippen MR) is 126 cm³/mol. The number of amides is 2. The molecule has 0 heterocycles. The van der Waals surface area contributed by atoms with Crippen LogP contribution in [0.4, 0.5) is 0 Å². The molecular weight excluding hydrogens is 426 g/mol. The molecule has 1 N–H and O–H groups in total. The first-order valence-electron chi connectivity index (χ1n) is 10.6. The third-order valence-electron chi connectivity index (χ3n) is 5.08. The van der Waals surface area contributed by atoms with Gasteiger partial charge in [-0.05, 0) is 17.0 Å². The van der Waals surface area contributed by atoms with Crippen LogP contribution in [0, 0.1) is 5.92 Å². The lowest BCUT2D eigenvalue weighted by Crippen LogP contribution is -2.53. The van der Waals surface area contributed by atoms with E-state index in [1.165, 1.54) is 11.9 Å². The standard InChI is InChI=1S/C24H33N3O4S/c1-19(2)16-25-24(29)22(15-20-11-7-5-8-12-20)27(17-21-13-9-6-10-14-21)23(28)18-26(3)32(4,30)31/h5-14,19,22H,15-18H2,1-4H3,(H,25,29)/t22-/m1/s1. The molecule has 32 heavy (non-hydrogen) atoms. The molecule has 0 unspecified atom stereocenters. The van der Waals surface area contributed by atoms with Gasteiger partial charge in [0.15, 0.2) is 0 Å². The van der Waals surface area contributed by atoms with Crippen LogP contribution in [-0.4, -0.2) is 61.9 Å². The lowest BCUT2D eigenvalue weighted by molar-refractivity contribution is -0.141. The van der Waals surface area contributed by atoms with E-state index in [1.54, 1.807) is 0 Å². The van der Waals surface area contributed by atoms with Gasteiger partial charge >= 0.3 is 0 Å². The Labute approximate surface area is 191 Å². The van der Waals surface area contributed by atoms with Crippen LogP contribution >= 0.6 is 0 Å². The van der Waals surface area contributed by atoms with Crippen LogP contribution in [0.2, 0.25) is 0 Å². The van der Waals surface area contributed by atoms with Crippen LogP contribution in [0.1, 0.15) is 25.0 Å². The maximum atomic E-state index is 13.3. The van der Waals surface area contributed by atoms with E-state index in [2.05, 4.69) is 5.32 Å². The van der Waals surface area contributed by atoms with E-state index in [9.17, 15) is 18.0 Å². The number of likely N-dealkylation sites (N-methyl/N-ethyl adjacent to an activating group) is 1. The van der Waals surface area contributed by atoms with Crippen LogP contribution < -0.4 is 5.32 Å². The van der Waals surface area contributed by atoms with Gasteiger partial charge in [-0.25, -0.2) is 8.42 Å². The van der Waals surface area contributed by atoms with Crippen molar-refractivity contribution in [2.75, 3.05) is 26.4 Å². The minimum Gasteiger partial charge on any atom is -0.354 e. The van der Waals surface area contributed by atoms with Gasteiger partial charge in [-0.2, -0.15) is 4.31 Å². The van der Waals surface area contributed by atoms with Crippen molar-refractivity contribution < 1.29 is 18.0 Å². The second kappa shape index (κ2) is 11.8. The van der Waals surface area contributed by atoms with E-state index < -0.39 is 22.0 Å². The molecule has 174 valence electrons. The van der Waals surface area contributed by atoms with Crippen LogP contribution in [0.3, 0.4) is 0 Å². The number of carbonyl (C=O) groups is 2. The Bertz CT molecular complexity index is 979. The molecule has 2 aromatic rings. The van der Waals surface area contributed by atoms with Crippen molar-refractivity contribution in [2.45, 2.75) is 32.9 Å². The third kappa shape index (κ3) is 8.09. The summed E-state index contributed by atoms with van der Waals surface area (Å²) in [7, 11) is -2.19. The van der Waals surface area contributed by atoms with E-state index in [0.717, 1.165) is 21.7 Å². The van der Waals surface area contributed by atoms with Crippen molar-refractivity contribution in [3.63, 3.8) is 0 Å². The number of nitrogens with zero attached hydrogens (tertiary/aromatic N) is 2. The first kappa shape index (κ1) is 25.5. The molecule has 0 radical (unpaired) electrons. The molecule has 0 fully saturated rings. The lowest BCUT2D eigenvalue weighted by Gasteiger charge is -2.32. The van der Waals surface area contributed by atoms with Gasteiger partial charge < -0.3 is 10.2 Å². The molecule has 0 aliphatic rings. The van der Waals surface area contributed by atoms with E-state index in [1.807, 2.05) is 74.5 Å². The van der Waals surface area contributed by atoms with Gasteiger partial charge in [-0.1, -0.05) is 74.5 Å². The molecule has 8 heteroatoms. The Morgan fingerprint density at radius 1 is 0.938 bits per heavy atom. The van der Waals surface area contributed by atoms with Crippen molar-refractivity contribution in [1.82, 2.24) is 14.5 Å². The molecular formula is C24H33N3O4S. The Balaban J connectivity index is 2.40. The summed E-state index contributed by atoms with van der Waals surface area (Å²) in [4.78, 5) is 28.0. The fourth-order valence-electron chi connectivity index (χ4n) is 3.16. The monoisotopic (exact) mass is 459 g/mol. The number of carbonyl (C=O) groups excluding carboxylic acids is 2. The molecule has 1 atom stereocenters. The van der Waals surface area contributed by atoms with Crippen molar-refractivity contribution in [3.05, 3.63) is 71.8 Å². The second-order valence-electron chi connectivity index (χ2n) is 8.37. The highest BCUT2D eigenvalue weighted by Gasteiger charge is 2.31. The summed E-state index contributed by atoms with van der Waals surface area (Å²) < 4.78 is 24.8. The minimum absolute atomic E-state index is 0.198. The van der Waals surface area contributed by atoms with Crippen LogP contribution in [0.15, 0.2) is 60.7 Å². The van der Waals surface area contributed by atoms with Gasteiger partial charge in [-0.15, -0.1) is 0 Å². The number of benzene rings is 2. The summed E-state index contributed by atoms with van der Waals surface area (Å²) in [5, 5.41) is 2.94. The molecule has 0 saturated heterocycles. The van der Waals surface area contributed by atoms with Crippen LogP contribution in [0.5, 0.6) is 0 Å². The first-order chi connectivity index (χ1) is 15.1. The van der Waals surface area contributed by atoms with Gasteiger partial charge in [0.2, 0.25) is 21.8 Å². The van der Waals surface area contributed by atoms with Crippen LogP contribution in [-0.2, 0) is 32.6 Å². The second-order valence-corrected chi connectivity index (χ2v) is 10.5. The summed E-state index contributed by atoms with van der Waals surface area (Å²) in [5.74, 6) is -0.429. The van der Waals surface area contributed by atoms with E-state index in [0.29, 0.717) is 13.0 Å². The number of rotatable bonds is 11. The molecule has 0 bridgehead atoms. The summed E-state index contributed by atoms with van der Waals surface area (Å²) in [6, 6.07) is 18.1. The maximum Gasteiger partial charge on any atom is 0.243 e. The molecule has 7 nitrogen and oxygen atoms in total. The number of nitrogens with one attached hydrogen (secondary N) is 1. The fraction of sp³-hybridized carbons (Fsp3) is 0.417. The summed E-state index contributed by atoms with van der Waals surface area (Å²) in [6.45, 7) is 4.35. The van der Waals surface area contributed by atoms with Gasteiger partial charge in [0.1, 0.15) is 6.04 Å². The summed E-state index contributed by atoms with van der Waals surface area (Å²) >= 11 is 0. The highest BCUT2D eigenvalue weighted by molar-refractivity contribution is 7.88. The number of hydrogen-bond donors (Lipinski definition) is 1. The van der Waals surface area contributed by atoms with Crippen molar-refractivity contribution >= 4 is 21.8 Å². The third-order valence-corrected chi connectivity index (χ3v) is 6.34. The SMILES string of the molecule is CC(C)CNC(=O)[C@@H](Cc1ccccc1)N(Cc1ccccc1)C(=O)CN(C)S(C)(=O)=O. The Morgan fingerprint density at radius 2 is 1.47 bits per heavy atom. The lowest BCUT2D eigenvalue weighted by atomic mass is 10.0. The Hall–Kier alpha value is -2.71. The molecule has 2 rings (SSSR count). The average molecular weight is 460 g/mol. The van der Waals surface area contributed by atoms with Crippen LogP contribution in [0.25, 0.3) is 0 Å². The fourth-order valence-corrected chi connectivity index (χ4v) is 3.50. The molecule has 0 aromatic heterocycles. The van der Waals surface area contributed by atoms with Gasteiger partial charge in [0.25, 0.3) is 0 Å². The topological polar surface area (TPSA) is 86.8 Å². The number of sulfonamides is 1. The Kier molecular flexibility index (Phi) is 9.41. The van der Waals surface area contributed by atoms with E-state index >= 15 is 0 Å². The summed E-state index contributed by atoms with van der Waals surface area (Å²) in [6.07, 6.45) is 1.38. The molecule has 2 amide bonds. The number of hydrogen-bond acceptors (Lipinski definition) is 4. The van der Waals surface area contributed by atoms with E-state index in [-0.39, 0.29) is 24.9 Å². The van der Waals surface area contributed by atoms with Gasteiger partial charge in [0, 0.05) is 26.6 Å². The average Bonchev–Trinajstić information content (AvgIpc) is 2.75. The van der Waals surface area contributed by atoms with Crippen molar-refractivity contribution in [2.24, 2.45) is 5.92 Å². The molecule has 0 spiro atoms. The largest absolute Gasteiger partial charge is 0.354 e. The minimum atomic E-state index is -3.55. The zero-order valence-corrected chi connectivity index (χ0v) is 20.0. The molecule has 2 aromatic carbocycles. The van der Waals surface area contributed by atoms with Gasteiger partial charge in [0.05, 0.1) is 12.8 Å². The summed E-state index contributed by atoms with van der Waals surface area (Å²) in [5.41, 5.74) is 1.78. The molecule has 0 aliphatic heterocycles. The highest BCUT2D eigenvalue weighted by atomic mass is 32.2. The van der Waals surface area contributed by atoms with Gasteiger partial charge in [-0.3, -0.25) is 9.59 Å². The zero-order chi connectivity index (χ0) is 23.7. The quantitative estimate of drug-likeness (QED) is 0.559.